The van der Waals surface area contributed by atoms with E-state index in [-0.39, 0.29) is 18.0 Å². The Morgan fingerprint density at radius 3 is 2.94 bits per heavy atom. The third-order valence-electron chi connectivity index (χ3n) is 3.15. The molecule has 2 fully saturated rings. The van der Waals surface area contributed by atoms with Gasteiger partial charge in [0.25, 0.3) is 0 Å². The lowest BCUT2D eigenvalue weighted by molar-refractivity contribution is -0.119. The van der Waals surface area contributed by atoms with E-state index in [1.165, 1.54) is 0 Å². The lowest BCUT2D eigenvalue weighted by atomic mass is 10.1. The molecule has 5 nitrogen and oxygen atoms in total. The number of anilines is 1. The second-order valence-corrected chi connectivity index (χ2v) is 4.13. The van der Waals surface area contributed by atoms with E-state index in [0.29, 0.717) is 12.4 Å². The van der Waals surface area contributed by atoms with Crippen LogP contribution in [0, 0.1) is 5.82 Å². The van der Waals surface area contributed by atoms with E-state index in [0.717, 1.165) is 25.4 Å². The van der Waals surface area contributed by atoms with Crippen LogP contribution in [-0.2, 0) is 4.79 Å². The SMILES string of the molecule is O=C1C[C@H]2[C@H](CCN2c2ncc(F)cn2)N1. The van der Waals surface area contributed by atoms with Gasteiger partial charge in [0, 0.05) is 13.0 Å². The Morgan fingerprint density at radius 2 is 2.19 bits per heavy atom. The summed E-state index contributed by atoms with van der Waals surface area (Å²) < 4.78 is 12.7. The van der Waals surface area contributed by atoms with Gasteiger partial charge in [0.2, 0.25) is 11.9 Å². The van der Waals surface area contributed by atoms with Crippen molar-refractivity contribution >= 4 is 11.9 Å². The van der Waals surface area contributed by atoms with Gasteiger partial charge in [-0.25, -0.2) is 14.4 Å². The van der Waals surface area contributed by atoms with Gasteiger partial charge in [0.1, 0.15) is 0 Å². The van der Waals surface area contributed by atoms with Crippen LogP contribution >= 0.6 is 0 Å². The number of halogens is 1. The number of aromatic nitrogens is 2. The van der Waals surface area contributed by atoms with Crippen LogP contribution in [0.5, 0.6) is 0 Å². The average molecular weight is 222 g/mol. The highest BCUT2D eigenvalue weighted by molar-refractivity contribution is 5.81. The maximum atomic E-state index is 12.7. The molecule has 0 aromatic carbocycles. The highest BCUT2D eigenvalue weighted by Gasteiger charge is 2.42. The van der Waals surface area contributed by atoms with Crippen molar-refractivity contribution in [1.82, 2.24) is 15.3 Å². The quantitative estimate of drug-likeness (QED) is 0.731. The van der Waals surface area contributed by atoms with Crippen molar-refractivity contribution in [2.24, 2.45) is 0 Å². The molecule has 3 heterocycles. The van der Waals surface area contributed by atoms with E-state index in [1.807, 2.05) is 4.90 Å². The maximum Gasteiger partial charge on any atom is 0.225 e. The first kappa shape index (κ1) is 9.50. The molecular weight excluding hydrogens is 211 g/mol. The summed E-state index contributed by atoms with van der Waals surface area (Å²) in [5.41, 5.74) is 0. The van der Waals surface area contributed by atoms with Crippen molar-refractivity contribution in [1.29, 1.82) is 0 Å². The zero-order valence-corrected chi connectivity index (χ0v) is 8.56. The molecule has 1 aromatic rings. The average Bonchev–Trinajstić information content (AvgIpc) is 2.78. The number of carbonyl (C=O) groups is 1. The lowest BCUT2D eigenvalue weighted by Gasteiger charge is -2.21. The molecule has 0 aliphatic carbocycles. The molecule has 1 amide bonds. The van der Waals surface area contributed by atoms with Crippen LogP contribution in [0.15, 0.2) is 12.4 Å². The van der Waals surface area contributed by atoms with Gasteiger partial charge >= 0.3 is 0 Å². The fraction of sp³-hybridized carbons (Fsp3) is 0.500. The van der Waals surface area contributed by atoms with Crippen LogP contribution in [0.1, 0.15) is 12.8 Å². The maximum absolute atomic E-state index is 12.7. The molecule has 84 valence electrons. The second-order valence-electron chi connectivity index (χ2n) is 4.13. The zero-order valence-electron chi connectivity index (χ0n) is 8.56. The van der Waals surface area contributed by atoms with Crippen molar-refractivity contribution in [2.45, 2.75) is 24.9 Å². The summed E-state index contributed by atoms with van der Waals surface area (Å²) >= 11 is 0. The monoisotopic (exact) mass is 222 g/mol. The molecule has 0 spiro atoms. The van der Waals surface area contributed by atoms with E-state index in [4.69, 9.17) is 0 Å². The third kappa shape index (κ3) is 1.41. The first-order valence-corrected chi connectivity index (χ1v) is 5.27. The van der Waals surface area contributed by atoms with E-state index in [9.17, 15) is 9.18 Å². The largest absolute Gasteiger partial charge is 0.351 e. The molecule has 2 aliphatic rings. The standard InChI is InChI=1S/C10H11FN4O/c11-6-4-12-10(13-5-6)15-2-1-7-8(15)3-9(16)14-7/h4-5,7-8H,1-3H2,(H,14,16)/t7-,8-/m0/s1. The van der Waals surface area contributed by atoms with Crippen LogP contribution in [0.2, 0.25) is 0 Å². The number of hydrogen-bond donors (Lipinski definition) is 1. The van der Waals surface area contributed by atoms with Crippen LogP contribution in [-0.4, -0.2) is 34.5 Å². The number of amides is 1. The molecule has 16 heavy (non-hydrogen) atoms. The molecule has 1 N–H and O–H groups in total. The summed E-state index contributed by atoms with van der Waals surface area (Å²) in [4.78, 5) is 21.1. The second kappa shape index (κ2) is 3.40. The van der Waals surface area contributed by atoms with Crippen molar-refractivity contribution in [2.75, 3.05) is 11.4 Å². The molecule has 2 atom stereocenters. The number of nitrogens with zero attached hydrogens (tertiary/aromatic N) is 3. The van der Waals surface area contributed by atoms with Gasteiger partial charge in [-0.1, -0.05) is 0 Å². The summed E-state index contributed by atoms with van der Waals surface area (Å²) in [6, 6.07) is 0.319. The van der Waals surface area contributed by atoms with E-state index < -0.39 is 5.82 Å². The minimum Gasteiger partial charge on any atom is -0.351 e. The van der Waals surface area contributed by atoms with Crippen molar-refractivity contribution in [3.63, 3.8) is 0 Å². The predicted octanol–water partition coefficient (Wildman–Crippen LogP) is 0.0829. The zero-order chi connectivity index (χ0) is 11.1. The summed E-state index contributed by atoms with van der Waals surface area (Å²) in [5, 5.41) is 2.92. The molecule has 1 aromatic heterocycles. The van der Waals surface area contributed by atoms with Crippen molar-refractivity contribution in [3.05, 3.63) is 18.2 Å². The summed E-state index contributed by atoms with van der Waals surface area (Å²) in [7, 11) is 0. The smallest absolute Gasteiger partial charge is 0.225 e. The fourth-order valence-electron chi connectivity index (χ4n) is 2.43. The Balaban J connectivity index is 1.85. The van der Waals surface area contributed by atoms with Crippen molar-refractivity contribution < 1.29 is 9.18 Å². The van der Waals surface area contributed by atoms with E-state index >= 15 is 0 Å². The van der Waals surface area contributed by atoms with Gasteiger partial charge in [-0.3, -0.25) is 4.79 Å². The Bertz CT molecular complexity index is 421. The molecule has 3 rings (SSSR count). The first-order chi connectivity index (χ1) is 7.74. The third-order valence-corrected chi connectivity index (χ3v) is 3.15. The molecule has 0 bridgehead atoms. The topological polar surface area (TPSA) is 58.1 Å². The summed E-state index contributed by atoms with van der Waals surface area (Å²) in [5.74, 6) is 0.132. The Hall–Kier alpha value is -1.72. The molecular formula is C10H11FN4O. The molecule has 0 unspecified atom stereocenters. The highest BCUT2D eigenvalue weighted by Crippen LogP contribution is 2.28. The van der Waals surface area contributed by atoms with Gasteiger partial charge in [-0.2, -0.15) is 0 Å². The minimum absolute atomic E-state index is 0.0711. The highest BCUT2D eigenvalue weighted by atomic mass is 19.1. The van der Waals surface area contributed by atoms with Gasteiger partial charge in [-0.05, 0) is 6.42 Å². The van der Waals surface area contributed by atoms with Gasteiger partial charge in [-0.15, -0.1) is 0 Å². The van der Waals surface area contributed by atoms with E-state index in [1.54, 1.807) is 0 Å². The molecule has 0 saturated carbocycles. The number of carbonyl (C=O) groups excluding carboxylic acids is 1. The first-order valence-electron chi connectivity index (χ1n) is 5.27. The minimum atomic E-state index is -0.444. The Labute approximate surface area is 91.7 Å². The summed E-state index contributed by atoms with van der Waals surface area (Å²) in [6.45, 7) is 0.807. The predicted molar refractivity (Wildman–Crippen MR) is 54.3 cm³/mol. The number of fused-ring (bicyclic) bond motifs is 1. The summed E-state index contributed by atoms with van der Waals surface area (Å²) in [6.07, 6.45) is 3.68. The van der Waals surface area contributed by atoms with Crippen LogP contribution in [0.25, 0.3) is 0 Å². The van der Waals surface area contributed by atoms with Crippen LogP contribution in [0.4, 0.5) is 10.3 Å². The van der Waals surface area contributed by atoms with Crippen LogP contribution < -0.4 is 10.2 Å². The van der Waals surface area contributed by atoms with Crippen molar-refractivity contribution in [3.8, 4) is 0 Å². The molecule has 2 aliphatic heterocycles. The number of hydrogen-bond acceptors (Lipinski definition) is 4. The molecule has 2 saturated heterocycles. The van der Waals surface area contributed by atoms with Gasteiger partial charge in [0.05, 0.1) is 24.5 Å². The number of nitrogens with one attached hydrogen (secondary N) is 1. The normalized spacial score (nSPS) is 28.1. The van der Waals surface area contributed by atoms with Gasteiger partial charge < -0.3 is 10.2 Å². The molecule has 0 radical (unpaired) electrons. The Kier molecular flexibility index (Phi) is 2.02. The number of rotatable bonds is 1. The molecule has 6 heteroatoms. The van der Waals surface area contributed by atoms with E-state index in [2.05, 4.69) is 15.3 Å². The lowest BCUT2D eigenvalue weighted by Crippen LogP contribution is -2.35. The van der Waals surface area contributed by atoms with Crippen LogP contribution in [0.3, 0.4) is 0 Å². The fourth-order valence-corrected chi connectivity index (χ4v) is 2.43. The Morgan fingerprint density at radius 1 is 1.44 bits per heavy atom. The van der Waals surface area contributed by atoms with Gasteiger partial charge in [0.15, 0.2) is 5.82 Å².